The first-order valence-corrected chi connectivity index (χ1v) is 2.73. The number of hydrogen-bond acceptors (Lipinski definition) is 2. The van der Waals surface area contributed by atoms with E-state index >= 15 is 0 Å². The normalized spacial score (nSPS) is 11.3. The molecule has 1 atom stereocenters. The molecule has 0 spiro atoms. The summed E-state index contributed by atoms with van der Waals surface area (Å²) in [5, 5.41) is 11.0. The zero-order valence-electron chi connectivity index (χ0n) is 5.83. The fourth-order valence-electron chi connectivity index (χ4n) is 0.509. The molecule has 10 heavy (non-hydrogen) atoms. The van der Waals surface area contributed by atoms with Gasteiger partial charge in [-0.3, -0.25) is 4.79 Å². The van der Waals surface area contributed by atoms with Crippen LogP contribution in [0.3, 0.4) is 0 Å². The molecule has 60 valence electrons. The van der Waals surface area contributed by atoms with Crippen molar-refractivity contribution >= 4 is 18.4 Å². The van der Waals surface area contributed by atoms with Crippen LogP contribution < -0.4 is 5.32 Å². The monoisotopic (exact) mass is 165 g/mol. The quantitative estimate of drug-likeness (QED) is 0.602. The van der Waals surface area contributed by atoms with Gasteiger partial charge < -0.3 is 10.4 Å². The summed E-state index contributed by atoms with van der Waals surface area (Å²) in [6.45, 7) is 3.43. The van der Waals surface area contributed by atoms with Gasteiger partial charge in [-0.25, -0.2) is 0 Å². The van der Waals surface area contributed by atoms with Gasteiger partial charge in [0.1, 0.15) is 6.04 Å². The average molecular weight is 166 g/mol. The minimum absolute atomic E-state index is 0. The van der Waals surface area contributed by atoms with Crippen LogP contribution >= 0.6 is 12.4 Å². The maximum atomic E-state index is 10.2. The Balaban J connectivity index is 0. The Labute approximate surface area is 66.5 Å². The molecule has 3 nitrogen and oxygen atoms in total. The number of likely N-dealkylation sites (N-methyl/N-ethyl adjacent to an activating group) is 1. The molecule has 0 aromatic rings. The van der Waals surface area contributed by atoms with Gasteiger partial charge in [-0.2, -0.15) is 0 Å². The van der Waals surface area contributed by atoms with Crippen molar-refractivity contribution in [3.05, 3.63) is 12.7 Å². The highest BCUT2D eigenvalue weighted by Crippen LogP contribution is 1.90. The summed E-state index contributed by atoms with van der Waals surface area (Å²) >= 11 is 0. The van der Waals surface area contributed by atoms with Crippen molar-refractivity contribution in [1.29, 1.82) is 0 Å². The lowest BCUT2D eigenvalue weighted by Gasteiger charge is -2.05. The van der Waals surface area contributed by atoms with Crippen molar-refractivity contribution in [3.8, 4) is 0 Å². The first kappa shape index (κ1) is 12.2. The van der Waals surface area contributed by atoms with E-state index in [0.717, 1.165) is 0 Å². The summed E-state index contributed by atoms with van der Waals surface area (Å²) in [4.78, 5) is 10.2. The predicted octanol–water partition coefficient (Wildman–Crippen LogP) is 0.657. The number of carboxylic acid groups (broad SMARTS) is 1. The van der Waals surface area contributed by atoms with Gasteiger partial charge in [-0.05, 0) is 13.5 Å². The second-order valence-electron chi connectivity index (χ2n) is 1.70. The molecule has 4 heteroatoms. The largest absolute Gasteiger partial charge is 0.480 e. The molecule has 0 aliphatic carbocycles. The minimum atomic E-state index is -0.836. The van der Waals surface area contributed by atoms with Crippen LogP contribution in [0.5, 0.6) is 0 Å². The molecule has 0 aliphatic heterocycles. The van der Waals surface area contributed by atoms with Gasteiger partial charge in [0.15, 0.2) is 0 Å². The van der Waals surface area contributed by atoms with E-state index in [4.69, 9.17) is 5.11 Å². The Morgan fingerprint density at radius 3 is 2.50 bits per heavy atom. The Kier molecular flexibility index (Phi) is 8.00. The number of carboxylic acids is 1. The fraction of sp³-hybridized carbons (Fsp3) is 0.500. The van der Waals surface area contributed by atoms with Crippen LogP contribution in [0.2, 0.25) is 0 Å². The summed E-state index contributed by atoms with van der Waals surface area (Å²) in [6, 6.07) is -0.484. The highest BCUT2D eigenvalue weighted by atomic mass is 35.5. The molecule has 0 aromatic carbocycles. The Morgan fingerprint density at radius 1 is 1.90 bits per heavy atom. The number of carbonyl (C=O) groups is 1. The van der Waals surface area contributed by atoms with Crippen molar-refractivity contribution in [1.82, 2.24) is 5.32 Å². The van der Waals surface area contributed by atoms with Crippen LogP contribution in [0, 0.1) is 0 Å². The van der Waals surface area contributed by atoms with Crippen LogP contribution in [0.4, 0.5) is 0 Å². The summed E-state index contributed by atoms with van der Waals surface area (Å²) in [5.74, 6) is -0.836. The number of halogens is 1. The zero-order valence-corrected chi connectivity index (χ0v) is 6.65. The maximum Gasteiger partial charge on any atom is 0.321 e. The Hall–Kier alpha value is -0.540. The van der Waals surface area contributed by atoms with Gasteiger partial charge in [-0.1, -0.05) is 6.08 Å². The SMILES string of the molecule is C=CC[C@H](NC)C(=O)O.Cl. The van der Waals surface area contributed by atoms with Gasteiger partial charge in [-0.15, -0.1) is 19.0 Å². The molecule has 0 heterocycles. The lowest BCUT2D eigenvalue weighted by atomic mass is 10.2. The van der Waals surface area contributed by atoms with Crippen molar-refractivity contribution in [2.75, 3.05) is 7.05 Å². The van der Waals surface area contributed by atoms with E-state index in [9.17, 15) is 4.79 Å². The van der Waals surface area contributed by atoms with Crippen molar-refractivity contribution in [2.24, 2.45) is 0 Å². The van der Waals surface area contributed by atoms with Crippen molar-refractivity contribution < 1.29 is 9.90 Å². The van der Waals surface area contributed by atoms with E-state index in [1.807, 2.05) is 0 Å². The summed E-state index contributed by atoms with van der Waals surface area (Å²) in [6.07, 6.45) is 2.04. The van der Waals surface area contributed by atoms with Crippen LogP contribution in [0.25, 0.3) is 0 Å². The van der Waals surface area contributed by atoms with E-state index < -0.39 is 12.0 Å². The molecule has 0 amide bonds. The third-order valence-electron chi connectivity index (χ3n) is 1.05. The number of aliphatic carboxylic acids is 1. The highest BCUT2D eigenvalue weighted by molar-refractivity contribution is 5.85. The third-order valence-corrected chi connectivity index (χ3v) is 1.05. The van der Waals surface area contributed by atoms with Gasteiger partial charge >= 0.3 is 5.97 Å². The fourth-order valence-corrected chi connectivity index (χ4v) is 0.509. The van der Waals surface area contributed by atoms with Gasteiger partial charge in [0.2, 0.25) is 0 Å². The van der Waals surface area contributed by atoms with Gasteiger partial charge in [0, 0.05) is 0 Å². The summed E-state index contributed by atoms with van der Waals surface area (Å²) in [5.41, 5.74) is 0. The van der Waals surface area contributed by atoms with Crippen LogP contribution in [-0.2, 0) is 4.79 Å². The predicted molar refractivity (Wildman–Crippen MR) is 42.5 cm³/mol. The molecule has 0 radical (unpaired) electrons. The summed E-state index contributed by atoms with van der Waals surface area (Å²) in [7, 11) is 1.61. The maximum absolute atomic E-state index is 10.2. The van der Waals surface area contributed by atoms with Gasteiger partial charge in [0.25, 0.3) is 0 Å². The smallest absolute Gasteiger partial charge is 0.321 e. The Morgan fingerprint density at radius 2 is 2.40 bits per heavy atom. The minimum Gasteiger partial charge on any atom is -0.480 e. The van der Waals surface area contributed by atoms with Crippen LogP contribution in [-0.4, -0.2) is 24.2 Å². The third kappa shape index (κ3) is 4.35. The molecule has 0 saturated carbocycles. The summed E-state index contributed by atoms with van der Waals surface area (Å²) < 4.78 is 0. The molecule has 2 N–H and O–H groups in total. The van der Waals surface area contributed by atoms with E-state index in [1.54, 1.807) is 13.1 Å². The zero-order chi connectivity index (χ0) is 7.28. The second-order valence-corrected chi connectivity index (χ2v) is 1.70. The molecular formula is C6H12ClNO2. The van der Waals surface area contributed by atoms with Crippen molar-refractivity contribution in [2.45, 2.75) is 12.5 Å². The second kappa shape index (κ2) is 6.58. The first-order valence-electron chi connectivity index (χ1n) is 2.73. The average Bonchev–Trinajstić information content (AvgIpc) is 1.82. The Bertz CT molecular complexity index is 116. The van der Waals surface area contributed by atoms with E-state index in [2.05, 4.69) is 11.9 Å². The molecule has 0 saturated heterocycles. The van der Waals surface area contributed by atoms with Crippen LogP contribution in [0.15, 0.2) is 12.7 Å². The number of hydrogen-bond donors (Lipinski definition) is 2. The van der Waals surface area contributed by atoms with Gasteiger partial charge in [0.05, 0.1) is 0 Å². The van der Waals surface area contributed by atoms with E-state index in [1.165, 1.54) is 0 Å². The molecule has 0 bridgehead atoms. The molecule has 0 unspecified atom stereocenters. The first-order chi connectivity index (χ1) is 4.22. The molecule has 0 aliphatic rings. The van der Waals surface area contributed by atoms with Crippen molar-refractivity contribution in [3.63, 3.8) is 0 Å². The lowest BCUT2D eigenvalue weighted by Crippen LogP contribution is -2.32. The molecule has 0 fully saturated rings. The number of rotatable bonds is 4. The van der Waals surface area contributed by atoms with E-state index in [0.29, 0.717) is 6.42 Å². The molecule has 0 aromatic heterocycles. The lowest BCUT2D eigenvalue weighted by molar-refractivity contribution is -0.139. The van der Waals surface area contributed by atoms with E-state index in [-0.39, 0.29) is 12.4 Å². The number of nitrogens with one attached hydrogen (secondary N) is 1. The molecule has 0 rings (SSSR count). The standard InChI is InChI=1S/C6H11NO2.ClH/c1-3-4-5(7-2)6(8)9;/h3,5,7H,1,4H2,2H3,(H,8,9);1H/t5-;/m0./s1. The molecular weight excluding hydrogens is 154 g/mol. The highest BCUT2D eigenvalue weighted by Gasteiger charge is 2.10. The topological polar surface area (TPSA) is 49.3 Å². The van der Waals surface area contributed by atoms with Crippen LogP contribution in [0.1, 0.15) is 6.42 Å².